The van der Waals surface area contributed by atoms with Crippen LogP contribution in [0, 0.1) is 5.92 Å². The molecule has 5 heteroatoms. The first-order chi connectivity index (χ1) is 10.6. The molecule has 2 amide bonds. The fourth-order valence-corrected chi connectivity index (χ4v) is 1.93. The van der Waals surface area contributed by atoms with Gasteiger partial charge in [-0.05, 0) is 24.5 Å². The van der Waals surface area contributed by atoms with Crippen molar-refractivity contribution in [3.05, 3.63) is 24.3 Å². The Hall–Kier alpha value is -1.75. The van der Waals surface area contributed by atoms with Crippen molar-refractivity contribution in [2.75, 3.05) is 31.6 Å². The summed E-state index contributed by atoms with van der Waals surface area (Å²) >= 11 is 0. The molecule has 0 heterocycles. The Bertz CT molecular complexity index is 449. The monoisotopic (exact) mass is 308 g/mol. The molecule has 124 valence electrons. The fraction of sp³-hybridized carbons (Fsp3) is 0.588. The first-order valence-corrected chi connectivity index (χ1v) is 7.97. The molecular weight excluding hydrogens is 280 g/mol. The van der Waals surface area contributed by atoms with Crippen molar-refractivity contribution in [2.45, 2.75) is 33.6 Å². The molecule has 0 aliphatic rings. The van der Waals surface area contributed by atoms with Crippen molar-refractivity contribution in [3.63, 3.8) is 0 Å². The minimum Gasteiger partial charge on any atom is -0.491 e. The second-order valence-electron chi connectivity index (χ2n) is 5.70. The van der Waals surface area contributed by atoms with Crippen LogP contribution in [0.5, 0.6) is 5.75 Å². The smallest absolute Gasteiger partial charge is 0.322 e. The number of amides is 2. The molecule has 0 fully saturated rings. The van der Waals surface area contributed by atoms with Crippen LogP contribution >= 0.6 is 0 Å². The van der Waals surface area contributed by atoms with Crippen molar-refractivity contribution in [2.24, 2.45) is 5.92 Å². The maximum atomic E-state index is 12.3. The number of hydrogen-bond acceptors (Lipinski definition) is 3. The van der Waals surface area contributed by atoms with Crippen LogP contribution in [0.1, 0.15) is 33.6 Å². The average Bonchev–Trinajstić information content (AvgIpc) is 2.50. The van der Waals surface area contributed by atoms with Crippen LogP contribution in [0.4, 0.5) is 10.5 Å². The maximum Gasteiger partial charge on any atom is 0.322 e. The summed E-state index contributed by atoms with van der Waals surface area (Å²) in [5, 5.41) is 12.0. The van der Waals surface area contributed by atoms with Crippen LogP contribution < -0.4 is 10.1 Å². The highest BCUT2D eigenvalue weighted by Gasteiger charge is 2.14. The number of urea groups is 1. The molecule has 1 rings (SSSR count). The zero-order valence-corrected chi connectivity index (χ0v) is 13.8. The van der Waals surface area contributed by atoms with Crippen LogP contribution in [-0.2, 0) is 0 Å². The minimum atomic E-state index is -0.205. The molecule has 0 aliphatic heterocycles. The highest BCUT2D eigenvalue weighted by Crippen LogP contribution is 2.24. The summed E-state index contributed by atoms with van der Waals surface area (Å²) in [6, 6.07) is 7.21. The molecule has 0 aliphatic carbocycles. The SMILES string of the molecule is CCCCN(CCO)C(=O)Nc1ccccc1OCC(C)C. The van der Waals surface area contributed by atoms with E-state index in [1.165, 1.54) is 0 Å². The molecule has 0 saturated heterocycles. The zero-order chi connectivity index (χ0) is 16.4. The number of unbranched alkanes of at least 4 members (excludes halogenated alkanes) is 1. The molecule has 1 aromatic carbocycles. The second-order valence-corrected chi connectivity index (χ2v) is 5.70. The lowest BCUT2D eigenvalue weighted by atomic mass is 10.2. The maximum absolute atomic E-state index is 12.3. The number of anilines is 1. The first-order valence-electron chi connectivity index (χ1n) is 7.97. The van der Waals surface area contributed by atoms with Gasteiger partial charge in [-0.15, -0.1) is 0 Å². The van der Waals surface area contributed by atoms with Gasteiger partial charge >= 0.3 is 6.03 Å². The van der Waals surface area contributed by atoms with E-state index in [4.69, 9.17) is 9.84 Å². The number of ether oxygens (including phenoxy) is 1. The van der Waals surface area contributed by atoms with Crippen LogP contribution in [0.3, 0.4) is 0 Å². The topological polar surface area (TPSA) is 61.8 Å². The predicted octanol–water partition coefficient (Wildman–Crippen LogP) is 3.35. The predicted molar refractivity (Wildman–Crippen MR) is 89.4 cm³/mol. The first kappa shape index (κ1) is 18.3. The summed E-state index contributed by atoms with van der Waals surface area (Å²) in [7, 11) is 0. The van der Waals surface area contributed by atoms with Gasteiger partial charge in [0.2, 0.25) is 0 Å². The van der Waals surface area contributed by atoms with Gasteiger partial charge in [-0.1, -0.05) is 39.3 Å². The van der Waals surface area contributed by atoms with Crippen LogP contribution in [0.25, 0.3) is 0 Å². The molecule has 0 atom stereocenters. The number of hydrogen-bond donors (Lipinski definition) is 2. The molecule has 1 aromatic rings. The van der Waals surface area contributed by atoms with Gasteiger partial charge in [0.05, 0.1) is 18.9 Å². The molecule has 0 unspecified atom stereocenters. The molecule has 0 spiro atoms. The summed E-state index contributed by atoms with van der Waals surface area (Å²) < 4.78 is 5.74. The van der Waals surface area contributed by atoms with Crippen molar-refractivity contribution in [1.82, 2.24) is 4.90 Å². The van der Waals surface area contributed by atoms with Gasteiger partial charge < -0.3 is 20.1 Å². The lowest BCUT2D eigenvalue weighted by molar-refractivity contribution is 0.187. The number of rotatable bonds is 9. The van der Waals surface area contributed by atoms with E-state index in [1.807, 2.05) is 24.3 Å². The van der Waals surface area contributed by atoms with Crippen LogP contribution in [0.2, 0.25) is 0 Å². The largest absolute Gasteiger partial charge is 0.491 e. The van der Waals surface area contributed by atoms with E-state index in [9.17, 15) is 4.79 Å². The van der Waals surface area contributed by atoms with Crippen molar-refractivity contribution >= 4 is 11.7 Å². The highest BCUT2D eigenvalue weighted by molar-refractivity contribution is 5.91. The third-order valence-corrected chi connectivity index (χ3v) is 3.14. The lowest BCUT2D eigenvalue weighted by Gasteiger charge is -2.23. The minimum absolute atomic E-state index is 0.0391. The molecule has 0 aromatic heterocycles. The number of nitrogens with one attached hydrogen (secondary N) is 1. The van der Waals surface area contributed by atoms with E-state index in [-0.39, 0.29) is 12.6 Å². The molecule has 5 nitrogen and oxygen atoms in total. The number of benzene rings is 1. The van der Waals surface area contributed by atoms with Gasteiger partial charge in [0.15, 0.2) is 0 Å². The Labute approximate surface area is 133 Å². The summed E-state index contributed by atoms with van der Waals surface area (Å²) in [4.78, 5) is 14.0. The normalized spacial score (nSPS) is 10.6. The van der Waals surface area contributed by atoms with E-state index in [0.717, 1.165) is 12.8 Å². The van der Waals surface area contributed by atoms with Gasteiger partial charge in [-0.25, -0.2) is 4.79 Å². The van der Waals surface area contributed by atoms with Crippen molar-refractivity contribution in [3.8, 4) is 5.75 Å². The Morgan fingerprint density at radius 2 is 2.05 bits per heavy atom. The Balaban J connectivity index is 2.72. The van der Waals surface area contributed by atoms with Crippen molar-refractivity contribution < 1.29 is 14.6 Å². The third-order valence-electron chi connectivity index (χ3n) is 3.14. The van der Waals surface area contributed by atoms with Gasteiger partial charge in [0, 0.05) is 13.1 Å². The number of nitrogens with zero attached hydrogens (tertiary/aromatic N) is 1. The van der Waals surface area contributed by atoms with Gasteiger partial charge in [0.25, 0.3) is 0 Å². The highest BCUT2D eigenvalue weighted by atomic mass is 16.5. The standard InChI is InChI=1S/C17H28N2O3/c1-4-5-10-19(11-12-20)17(21)18-15-8-6-7-9-16(15)22-13-14(2)3/h6-9,14,20H,4-5,10-13H2,1-3H3,(H,18,21). The number of aliphatic hydroxyl groups is 1. The number of aliphatic hydroxyl groups excluding tert-OH is 1. The lowest BCUT2D eigenvalue weighted by Crippen LogP contribution is -2.37. The van der Waals surface area contributed by atoms with Crippen LogP contribution in [-0.4, -0.2) is 42.3 Å². The average molecular weight is 308 g/mol. The number of carbonyl (C=O) groups is 1. The van der Waals surface area contributed by atoms with E-state index in [0.29, 0.717) is 37.1 Å². The Morgan fingerprint density at radius 3 is 2.68 bits per heavy atom. The third kappa shape index (κ3) is 6.35. The summed E-state index contributed by atoms with van der Waals surface area (Å²) in [5.41, 5.74) is 0.660. The van der Waals surface area contributed by atoms with Crippen LogP contribution in [0.15, 0.2) is 24.3 Å². The van der Waals surface area contributed by atoms with Gasteiger partial charge in [-0.3, -0.25) is 0 Å². The quantitative estimate of drug-likeness (QED) is 0.735. The molecule has 2 N–H and O–H groups in total. The van der Waals surface area contributed by atoms with E-state index in [1.54, 1.807) is 4.90 Å². The summed E-state index contributed by atoms with van der Waals surface area (Å²) in [6.45, 7) is 7.76. The number of para-hydroxylation sites is 2. The van der Waals surface area contributed by atoms with Crippen molar-refractivity contribution in [1.29, 1.82) is 0 Å². The fourth-order valence-electron chi connectivity index (χ4n) is 1.93. The molecule has 0 bridgehead atoms. The molecular formula is C17H28N2O3. The molecule has 0 radical (unpaired) electrons. The zero-order valence-electron chi connectivity index (χ0n) is 13.8. The van der Waals surface area contributed by atoms with E-state index < -0.39 is 0 Å². The Kier molecular flexibility index (Phi) is 8.36. The summed E-state index contributed by atoms with van der Waals surface area (Å²) in [5.74, 6) is 1.09. The summed E-state index contributed by atoms with van der Waals surface area (Å²) in [6.07, 6.45) is 1.92. The van der Waals surface area contributed by atoms with E-state index in [2.05, 4.69) is 26.1 Å². The number of carbonyl (C=O) groups excluding carboxylic acids is 1. The Morgan fingerprint density at radius 1 is 1.32 bits per heavy atom. The molecule has 22 heavy (non-hydrogen) atoms. The van der Waals surface area contributed by atoms with Gasteiger partial charge in [-0.2, -0.15) is 0 Å². The molecule has 0 saturated carbocycles. The second kappa shape index (κ2) is 10.1. The van der Waals surface area contributed by atoms with Gasteiger partial charge in [0.1, 0.15) is 5.75 Å². The van der Waals surface area contributed by atoms with E-state index >= 15 is 0 Å².